The zero-order valence-corrected chi connectivity index (χ0v) is 14.5. The molecule has 0 fully saturated rings. The number of unbranched alkanes of at least 4 members (excludes halogenated alkanes) is 7. The van der Waals surface area contributed by atoms with Crippen LogP contribution in [0.2, 0.25) is 0 Å². The van der Waals surface area contributed by atoms with Gasteiger partial charge in [-0.3, -0.25) is 0 Å². The highest BCUT2D eigenvalue weighted by Gasteiger charge is 2.08. The second-order valence-electron chi connectivity index (χ2n) is 6.06. The van der Waals surface area contributed by atoms with Crippen molar-refractivity contribution in [3.63, 3.8) is 0 Å². The largest absolute Gasteiger partial charge is 0.411 e. The smallest absolute Gasteiger partial charge is 0.134 e. The maximum absolute atomic E-state index is 9.02. The highest BCUT2D eigenvalue weighted by atomic mass is 16.4. The van der Waals surface area contributed by atoms with Crippen LogP contribution in [0.25, 0.3) is 0 Å². The van der Waals surface area contributed by atoms with Crippen LogP contribution in [-0.2, 0) is 6.42 Å². The maximum Gasteiger partial charge on any atom is 0.134 e. The lowest BCUT2D eigenvalue weighted by atomic mass is 10.0. The van der Waals surface area contributed by atoms with Crippen LogP contribution in [0, 0.1) is 0 Å². The second kappa shape index (κ2) is 11.7. The summed E-state index contributed by atoms with van der Waals surface area (Å²) in [5, 5.41) is 24.1. The maximum atomic E-state index is 9.02. The molecule has 23 heavy (non-hydrogen) atoms. The van der Waals surface area contributed by atoms with E-state index in [0.29, 0.717) is 11.4 Å². The van der Waals surface area contributed by atoms with Gasteiger partial charge >= 0.3 is 0 Å². The molecule has 128 valence electrons. The van der Waals surface area contributed by atoms with E-state index in [2.05, 4.69) is 17.2 Å². The highest BCUT2D eigenvalue weighted by Crippen LogP contribution is 2.13. The number of benzene rings is 1. The van der Waals surface area contributed by atoms with Crippen LogP contribution >= 0.6 is 0 Å². The summed E-state index contributed by atoms with van der Waals surface area (Å²) >= 11 is 0. The predicted molar refractivity (Wildman–Crippen MR) is 96.0 cm³/mol. The van der Waals surface area contributed by atoms with Gasteiger partial charge in [0.1, 0.15) is 11.4 Å². The topological polar surface area (TPSA) is 65.2 Å². The number of oxime groups is 2. The van der Waals surface area contributed by atoms with Crippen molar-refractivity contribution in [3.05, 3.63) is 35.4 Å². The molecule has 0 saturated heterocycles. The zero-order chi connectivity index (χ0) is 16.9. The van der Waals surface area contributed by atoms with Crippen molar-refractivity contribution in [2.45, 2.75) is 71.6 Å². The molecule has 0 aliphatic heterocycles. The molecule has 0 unspecified atom stereocenters. The van der Waals surface area contributed by atoms with E-state index in [1.54, 1.807) is 6.92 Å². The van der Waals surface area contributed by atoms with E-state index in [1.165, 1.54) is 56.9 Å². The molecule has 0 bridgehead atoms. The van der Waals surface area contributed by atoms with E-state index < -0.39 is 0 Å². The molecule has 1 aromatic rings. The summed E-state index contributed by atoms with van der Waals surface area (Å²) in [6.07, 6.45) is 11.7. The normalized spacial score (nSPS) is 12.6. The van der Waals surface area contributed by atoms with Gasteiger partial charge < -0.3 is 10.4 Å². The van der Waals surface area contributed by atoms with Crippen molar-refractivity contribution < 1.29 is 10.4 Å². The van der Waals surface area contributed by atoms with Crippen LogP contribution in [0.4, 0.5) is 0 Å². The van der Waals surface area contributed by atoms with E-state index in [9.17, 15) is 0 Å². The average Bonchev–Trinajstić information content (AvgIpc) is 2.59. The van der Waals surface area contributed by atoms with E-state index in [0.717, 1.165) is 12.0 Å². The average molecular weight is 318 g/mol. The van der Waals surface area contributed by atoms with Crippen molar-refractivity contribution in [1.29, 1.82) is 0 Å². The van der Waals surface area contributed by atoms with Crippen molar-refractivity contribution >= 4 is 11.4 Å². The Kier molecular flexibility index (Phi) is 9.76. The van der Waals surface area contributed by atoms with Crippen LogP contribution in [0.3, 0.4) is 0 Å². The molecule has 0 heterocycles. The standard InChI is InChI=1S/C19H30N2O2/c1-3-4-5-6-7-8-9-10-11-17-12-14-18(15-13-17)19(21-23)16(2)20-22/h12-15,22-23H,3-11H2,1-2H3. The molecule has 0 spiro atoms. The lowest BCUT2D eigenvalue weighted by molar-refractivity contribution is 0.314. The van der Waals surface area contributed by atoms with Gasteiger partial charge in [-0.15, -0.1) is 0 Å². The molecule has 0 amide bonds. The number of aryl methyl sites for hydroxylation is 1. The van der Waals surface area contributed by atoms with Gasteiger partial charge in [-0.2, -0.15) is 0 Å². The summed E-state index contributed by atoms with van der Waals surface area (Å²) in [5.74, 6) is 0. The van der Waals surface area contributed by atoms with Crippen molar-refractivity contribution in [2.24, 2.45) is 10.3 Å². The van der Waals surface area contributed by atoms with Gasteiger partial charge in [0.15, 0.2) is 0 Å². The van der Waals surface area contributed by atoms with Crippen LogP contribution < -0.4 is 0 Å². The molecular formula is C19H30N2O2. The molecule has 0 aromatic heterocycles. The SMILES string of the molecule is CCCCCCCCCCc1ccc(C(=NO)C(C)=NO)cc1. The first-order chi connectivity index (χ1) is 11.2. The number of nitrogens with zero attached hydrogens (tertiary/aromatic N) is 2. The molecule has 0 radical (unpaired) electrons. The Labute approximate surface area is 139 Å². The summed E-state index contributed by atoms with van der Waals surface area (Å²) < 4.78 is 0. The van der Waals surface area contributed by atoms with E-state index in [1.807, 2.05) is 24.3 Å². The Hall–Kier alpha value is -1.84. The summed E-state index contributed by atoms with van der Waals surface area (Å²) in [4.78, 5) is 0. The number of hydrogen-bond acceptors (Lipinski definition) is 4. The van der Waals surface area contributed by atoms with Gasteiger partial charge in [0, 0.05) is 5.56 Å². The Morgan fingerprint density at radius 2 is 1.39 bits per heavy atom. The Bertz CT molecular complexity index is 493. The molecule has 0 aliphatic carbocycles. The monoisotopic (exact) mass is 318 g/mol. The molecule has 0 saturated carbocycles. The predicted octanol–water partition coefficient (Wildman–Crippen LogP) is 5.40. The first kappa shape index (κ1) is 19.2. The fourth-order valence-electron chi connectivity index (χ4n) is 2.68. The molecular weight excluding hydrogens is 288 g/mol. The first-order valence-corrected chi connectivity index (χ1v) is 8.73. The molecule has 4 nitrogen and oxygen atoms in total. The molecule has 0 atom stereocenters. The van der Waals surface area contributed by atoms with Crippen LogP contribution in [0.15, 0.2) is 34.6 Å². The van der Waals surface area contributed by atoms with Gasteiger partial charge in [-0.1, -0.05) is 86.4 Å². The summed E-state index contributed by atoms with van der Waals surface area (Å²) in [6.45, 7) is 3.85. The van der Waals surface area contributed by atoms with Gasteiger partial charge in [0.05, 0.1) is 0 Å². The minimum Gasteiger partial charge on any atom is -0.411 e. The summed E-state index contributed by atoms with van der Waals surface area (Å²) in [7, 11) is 0. The Balaban J connectivity index is 2.32. The lowest BCUT2D eigenvalue weighted by Gasteiger charge is -2.06. The molecule has 4 heteroatoms. The number of rotatable bonds is 11. The van der Waals surface area contributed by atoms with E-state index in [4.69, 9.17) is 10.4 Å². The second-order valence-corrected chi connectivity index (χ2v) is 6.06. The van der Waals surface area contributed by atoms with Crippen molar-refractivity contribution in [3.8, 4) is 0 Å². The summed E-state index contributed by atoms with van der Waals surface area (Å²) in [6, 6.07) is 7.91. The fraction of sp³-hybridized carbons (Fsp3) is 0.579. The first-order valence-electron chi connectivity index (χ1n) is 8.73. The molecule has 1 aromatic carbocycles. The van der Waals surface area contributed by atoms with Crippen LogP contribution in [0.5, 0.6) is 0 Å². The molecule has 0 aliphatic rings. The van der Waals surface area contributed by atoms with E-state index in [-0.39, 0.29) is 0 Å². The minimum absolute atomic E-state index is 0.295. The Morgan fingerprint density at radius 1 is 0.826 bits per heavy atom. The van der Waals surface area contributed by atoms with Gasteiger partial charge in [0.25, 0.3) is 0 Å². The minimum atomic E-state index is 0.295. The molecule has 2 N–H and O–H groups in total. The third-order valence-corrected chi connectivity index (χ3v) is 4.14. The van der Waals surface area contributed by atoms with Crippen molar-refractivity contribution in [1.82, 2.24) is 0 Å². The quantitative estimate of drug-likeness (QED) is 0.248. The fourth-order valence-corrected chi connectivity index (χ4v) is 2.68. The van der Waals surface area contributed by atoms with E-state index >= 15 is 0 Å². The molecule has 1 rings (SSSR count). The van der Waals surface area contributed by atoms with Crippen LogP contribution in [0.1, 0.15) is 76.3 Å². The highest BCUT2D eigenvalue weighted by molar-refractivity contribution is 6.47. The van der Waals surface area contributed by atoms with Gasteiger partial charge in [0.2, 0.25) is 0 Å². The zero-order valence-electron chi connectivity index (χ0n) is 14.5. The number of hydrogen-bond donors (Lipinski definition) is 2. The third kappa shape index (κ3) is 7.31. The van der Waals surface area contributed by atoms with Gasteiger partial charge in [-0.05, 0) is 25.3 Å². The Morgan fingerprint density at radius 3 is 1.91 bits per heavy atom. The third-order valence-electron chi connectivity index (χ3n) is 4.14. The van der Waals surface area contributed by atoms with Gasteiger partial charge in [-0.25, -0.2) is 0 Å². The summed E-state index contributed by atoms with van der Waals surface area (Å²) in [5.41, 5.74) is 2.63. The van der Waals surface area contributed by atoms with Crippen molar-refractivity contribution in [2.75, 3.05) is 0 Å². The lowest BCUT2D eigenvalue weighted by Crippen LogP contribution is -2.12. The van der Waals surface area contributed by atoms with Crippen LogP contribution in [-0.4, -0.2) is 21.8 Å².